The van der Waals surface area contributed by atoms with Crippen molar-refractivity contribution < 1.29 is 4.74 Å². The first-order chi connectivity index (χ1) is 11.7. The highest BCUT2D eigenvalue weighted by Crippen LogP contribution is 2.34. The molecule has 2 rings (SSSR count). The maximum atomic E-state index is 5.54. The van der Waals surface area contributed by atoms with Crippen molar-refractivity contribution in [1.82, 2.24) is 10.6 Å². The van der Waals surface area contributed by atoms with Crippen molar-refractivity contribution in [3.8, 4) is 0 Å². The maximum Gasteiger partial charge on any atom is 0.191 e. The van der Waals surface area contributed by atoms with E-state index in [0.717, 1.165) is 50.4 Å². The minimum absolute atomic E-state index is 0.258. The number of ether oxygens (including phenoxy) is 1. The lowest BCUT2D eigenvalue weighted by atomic mass is 9.95. The first-order valence-electron chi connectivity index (χ1n) is 9.50. The lowest BCUT2D eigenvalue weighted by Crippen LogP contribution is -2.46. The molecule has 0 bridgehead atoms. The monoisotopic (exact) mass is 373 g/mol. The van der Waals surface area contributed by atoms with Crippen molar-refractivity contribution in [3.63, 3.8) is 0 Å². The van der Waals surface area contributed by atoms with Gasteiger partial charge in [-0.3, -0.25) is 4.99 Å². The summed E-state index contributed by atoms with van der Waals surface area (Å²) in [6, 6.07) is 0.570. The van der Waals surface area contributed by atoms with Gasteiger partial charge in [-0.05, 0) is 51.0 Å². The molecule has 24 heavy (non-hydrogen) atoms. The summed E-state index contributed by atoms with van der Waals surface area (Å²) in [6.07, 6.45) is 9.68. The van der Waals surface area contributed by atoms with Gasteiger partial charge in [-0.15, -0.1) is 0 Å². The summed E-state index contributed by atoms with van der Waals surface area (Å²) < 4.78 is 5.80. The molecule has 140 valence electrons. The largest absolute Gasteiger partial charge is 0.381 e. The third-order valence-corrected chi connectivity index (χ3v) is 7.71. The van der Waals surface area contributed by atoms with E-state index < -0.39 is 0 Å². The van der Waals surface area contributed by atoms with Crippen LogP contribution in [-0.4, -0.2) is 60.3 Å². The highest BCUT2D eigenvalue weighted by Gasteiger charge is 2.32. The molecule has 0 radical (unpaired) electrons. The highest BCUT2D eigenvalue weighted by molar-refractivity contribution is 8.00. The van der Waals surface area contributed by atoms with Crippen LogP contribution in [-0.2, 0) is 4.74 Å². The third-order valence-electron chi connectivity index (χ3n) is 5.08. The van der Waals surface area contributed by atoms with Gasteiger partial charge < -0.3 is 15.4 Å². The number of thioether (sulfide) groups is 2. The van der Waals surface area contributed by atoms with Gasteiger partial charge in [0.1, 0.15) is 0 Å². The van der Waals surface area contributed by atoms with Crippen molar-refractivity contribution in [2.24, 2.45) is 4.99 Å². The number of hydrogen-bond acceptors (Lipinski definition) is 4. The van der Waals surface area contributed by atoms with Crippen LogP contribution in [0.15, 0.2) is 4.99 Å². The molecule has 2 aliphatic rings. The summed E-state index contributed by atoms with van der Waals surface area (Å²) in [5.41, 5.74) is 0. The van der Waals surface area contributed by atoms with Crippen LogP contribution in [0, 0.1) is 0 Å². The van der Waals surface area contributed by atoms with E-state index in [9.17, 15) is 0 Å². The zero-order chi connectivity index (χ0) is 17.3. The molecule has 4 nitrogen and oxygen atoms in total. The first kappa shape index (κ1) is 20.2. The molecule has 1 heterocycles. The summed E-state index contributed by atoms with van der Waals surface area (Å²) in [7, 11) is 0. The van der Waals surface area contributed by atoms with Gasteiger partial charge >= 0.3 is 0 Å². The Bertz CT molecular complexity index is 384. The molecule has 1 aliphatic heterocycles. The first-order valence-corrected chi connectivity index (χ1v) is 11.8. The van der Waals surface area contributed by atoms with E-state index in [4.69, 9.17) is 9.73 Å². The molecule has 1 aliphatic carbocycles. The molecule has 0 aromatic heterocycles. The van der Waals surface area contributed by atoms with Gasteiger partial charge in [0.15, 0.2) is 5.96 Å². The summed E-state index contributed by atoms with van der Waals surface area (Å²) in [4.78, 5) is 4.96. The fourth-order valence-corrected chi connectivity index (χ4v) is 5.51. The Labute approximate surface area is 156 Å². The molecule has 2 unspecified atom stereocenters. The van der Waals surface area contributed by atoms with Gasteiger partial charge in [-0.1, -0.05) is 13.3 Å². The van der Waals surface area contributed by atoms with Gasteiger partial charge in [0.05, 0.1) is 6.54 Å². The van der Waals surface area contributed by atoms with E-state index in [1.807, 2.05) is 11.8 Å². The minimum atomic E-state index is 0.258. The number of nitrogens with zero attached hydrogens (tertiary/aromatic N) is 1. The quantitative estimate of drug-likeness (QED) is 0.528. The Morgan fingerprint density at radius 1 is 1.25 bits per heavy atom. The van der Waals surface area contributed by atoms with Crippen molar-refractivity contribution in [2.75, 3.05) is 38.3 Å². The Morgan fingerprint density at radius 3 is 2.71 bits per heavy atom. The van der Waals surface area contributed by atoms with Crippen LogP contribution in [0.1, 0.15) is 52.4 Å². The molecule has 6 heteroatoms. The average molecular weight is 374 g/mol. The summed E-state index contributed by atoms with van der Waals surface area (Å²) >= 11 is 4.08. The SMILES string of the molecule is CCNC(=NCC1(SC)CCOCC1)NC1CCCC(SCC)C1. The predicted octanol–water partition coefficient (Wildman–Crippen LogP) is 3.52. The number of nitrogens with one attached hydrogen (secondary N) is 2. The minimum Gasteiger partial charge on any atom is -0.381 e. The molecule has 1 saturated heterocycles. The Kier molecular flexibility index (Phi) is 9.12. The maximum absolute atomic E-state index is 5.54. The highest BCUT2D eigenvalue weighted by atomic mass is 32.2. The van der Waals surface area contributed by atoms with Gasteiger partial charge in [0.2, 0.25) is 0 Å². The number of hydrogen-bond donors (Lipinski definition) is 2. The van der Waals surface area contributed by atoms with E-state index >= 15 is 0 Å². The van der Waals surface area contributed by atoms with Crippen molar-refractivity contribution >= 4 is 29.5 Å². The average Bonchev–Trinajstić information content (AvgIpc) is 2.61. The van der Waals surface area contributed by atoms with Crippen LogP contribution in [0.2, 0.25) is 0 Å². The van der Waals surface area contributed by atoms with Gasteiger partial charge in [-0.25, -0.2) is 0 Å². The summed E-state index contributed by atoms with van der Waals surface area (Å²) in [6.45, 7) is 7.96. The topological polar surface area (TPSA) is 45.7 Å². The van der Waals surface area contributed by atoms with Crippen molar-refractivity contribution in [2.45, 2.75) is 68.4 Å². The molecule has 2 atom stereocenters. The molecule has 0 aromatic rings. The molecule has 0 spiro atoms. The Morgan fingerprint density at radius 2 is 2.04 bits per heavy atom. The smallest absolute Gasteiger partial charge is 0.191 e. The second-order valence-corrected chi connectivity index (χ2v) is 9.63. The zero-order valence-electron chi connectivity index (χ0n) is 15.6. The molecule has 2 N–H and O–H groups in total. The van der Waals surface area contributed by atoms with E-state index in [1.54, 1.807) is 0 Å². The molecule has 0 aromatic carbocycles. The normalized spacial score (nSPS) is 27.7. The van der Waals surface area contributed by atoms with Crippen LogP contribution in [0.25, 0.3) is 0 Å². The van der Waals surface area contributed by atoms with Gasteiger partial charge in [0.25, 0.3) is 0 Å². The summed E-state index contributed by atoms with van der Waals surface area (Å²) in [5.74, 6) is 2.23. The number of guanidine groups is 1. The summed E-state index contributed by atoms with van der Waals surface area (Å²) in [5, 5.41) is 7.98. The van der Waals surface area contributed by atoms with Crippen LogP contribution >= 0.6 is 23.5 Å². The van der Waals surface area contributed by atoms with Gasteiger partial charge in [-0.2, -0.15) is 23.5 Å². The Balaban J connectivity index is 1.92. The molecular weight excluding hydrogens is 338 g/mol. The molecule has 1 saturated carbocycles. The second kappa shape index (κ2) is 10.8. The van der Waals surface area contributed by atoms with E-state index in [2.05, 4.69) is 42.5 Å². The van der Waals surface area contributed by atoms with Gasteiger partial charge in [0, 0.05) is 35.8 Å². The van der Waals surface area contributed by atoms with Crippen LogP contribution in [0.5, 0.6) is 0 Å². The van der Waals surface area contributed by atoms with E-state index in [1.165, 1.54) is 31.4 Å². The van der Waals surface area contributed by atoms with Crippen LogP contribution in [0.4, 0.5) is 0 Å². The third kappa shape index (κ3) is 6.34. The second-order valence-electron chi connectivity index (χ2n) is 6.78. The van der Waals surface area contributed by atoms with Crippen LogP contribution < -0.4 is 10.6 Å². The van der Waals surface area contributed by atoms with Crippen molar-refractivity contribution in [1.29, 1.82) is 0 Å². The zero-order valence-corrected chi connectivity index (χ0v) is 17.2. The molecule has 2 fully saturated rings. The number of rotatable bonds is 7. The number of aliphatic imine (C=N–C) groups is 1. The standard InChI is InChI=1S/C18H35N3OS2/c1-4-19-17(20-14-18(23-3)9-11-22-12-10-18)21-15-7-6-8-16(13-15)24-5-2/h15-16H,4-14H2,1-3H3,(H2,19,20,21). The Hall–Kier alpha value is -0.0700. The fourth-order valence-electron chi connectivity index (χ4n) is 3.57. The van der Waals surface area contributed by atoms with Crippen LogP contribution in [0.3, 0.4) is 0 Å². The molecular formula is C18H35N3OS2. The van der Waals surface area contributed by atoms with E-state index in [0.29, 0.717) is 6.04 Å². The fraction of sp³-hybridized carbons (Fsp3) is 0.944. The lowest BCUT2D eigenvalue weighted by molar-refractivity contribution is 0.0794. The molecule has 0 amide bonds. The van der Waals surface area contributed by atoms with Crippen molar-refractivity contribution in [3.05, 3.63) is 0 Å². The van der Waals surface area contributed by atoms with E-state index in [-0.39, 0.29) is 4.75 Å². The lowest BCUT2D eigenvalue weighted by Gasteiger charge is -2.35. The predicted molar refractivity (Wildman–Crippen MR) is 110 cm³/mol.